The number of benzene rings is 2. The van der Waals surface area contributed by atoms with Crippen molar-refractivity contribution in [1.82, 2.24) is 15.1 Å². The van der Waals surface area contributed by atoms with E-state index in [9.17, 15) is 18.0 Å². The van der Waals surface area contributed by atoms with Gasteiger partial charge in [-0.3, -0.25) is 9.69 Å². The molecule has 0 saturated heterocycles. The number of hydrogen-bond donors (Lipinski definition) is 1. The maximum Gasteiger partial charge on any atom is 0.247 e. The Morgan fingerprint density at radius 2 is 1.83 bits per heavy atom. The highest BCUT2D eigenvalue weighted by molar-refractivity contribution is 5.92. The molecule has 0 bridgehead atoms. The predicted octanol–water partition coefficient (Wildman–Crippen LogP) is 4.00. The molecular formula is C20H19F3N4O2. The topological polar surface area (TPSA) is 71.3 Å². The van der Waals surface area contributed by atoms with Crippen LogP contribution in [0.25, 0.3) is 11.5 Å². The van der Waals surface area contributed by atoms with E-state index < -0.39 is 29.0 Å². The molecule has 0 aliphatic rings. The van der Waals surface area contributed by atoms with E-state index in [1.54, 1.807) is 4.90 Å². The van der Waals surface area contributed by atoms with Gasteiger partial charge in [0.25, 0.3) is 0 Å². The van der Waals surface area contributed by atoms with Crippen molar-refractivity contribution in [1.29, 1.82) is 0 Å². The molecule has 3 aromatic rings. The number of amides is 1. The van der Waals surface area contributed by atoms with Crippen LogP contribution in [0.2, 0.25) is 0 Å². The molecule has 152 valence electrons. The molecule has 0 unspecified atom stereocenters. The molecule has 29 heavy (non-hydrogen) atoms. The van der Waals surface area contributed by atoms with Crippen LogP contribution in [-0.4, -0.2) is 34.1 Å². The molecule has 6 nitrogen and oxygen atoms in total. The predicted molar refractivity (Wildman–Crippen MR) is 100 cm³/mol. The number of aromatic nitrogens is 2. The highest BCUT2D eigenvalue weighted by atomic mass is 19.2. The van der Waals surface area contributed by atoms with Gasteiger partial charge in [0.15, 0.2) is 17.5 Å². The van der Waals surface area contributed by atoms with Crippen molar-refractivity contribution in [3.8, 4) is 11.5 Å². The zero-order valence-corrected chi connectivity index (χ0v) is 15.7. The second kappa shape index (κ2) is 9.33. The van der Waals surface area contributed by atoms with Crippen LogP contribution in [0.4, 0.5) is 18.9 Å². The van der Waals surface area contributed by atoms with Crippen LogP contribution in [0.5, 0.6) is 0 Å². The van der Waals surface area contributed by atoms with E-state index in [2.05, 4.69) is 15.5 Å². The number of carbonyl (C=O) groups is 1. The fourth-order valence-electron chi connectivity index (χ4n) is 2.75. The molecule has 0 fully saturated rings. The van der Waals surface area contributed by atoms with Gasteiger partial charge in [-0.25, -0.2) is 13.2 Å². The zero-order valence-electron chi connectivity index (χ0n) is 15.7. The van der Waals surface area contributed by atoms with Crippen LogP contribution in [0.15, 0.2) is 46.9 Å². The van der Waals surface area contributed by atoms with Crippen LogP contribution in [0.3, 0.4) is 0 Å². The normalized spacial score (nSPS) is 11.1. The Labute approximate surface area is 165 Å². The minimum atomic E-state index is -1.63. The van der Waals surface area contributed by atoms with E-state index in [-0.39, 0.29) is 13.1 Å². The molecule has 0 spiro atoms. The molecule has 1 amide bonds. The zero-order chi connectivity index (χ0) is 20.8. The van der Waals surface area contributed by atoms with E-state index in [0.717, 1.165) is 24.1 Å². The fraction of sp³-hybridized carbons (Fsp3) is 0.250. The van der Waals surface area contributed by atoms with Gasteiger partial charge in [0.1, 0.15) is 0 Å². The van der Waals surface area contributed by atoms with Crippen molar-refractivity contribution < 1.29 is 22.4 Å². The molecule has 1 N–H and O–H groups in total. The van der Waals surface area contributed by atoms with E-state index in [1.165, 1.54) is 0 Å². The summed E-state index contributed by atoms with van der Waals surface area (Å²) in [6.45, 7) is 2.57. The molecule has 1 aromatic heterocycles. The van der Waals surface area contributed by atoms with E-state index in [1.807, 2.05) is 37.3 Å². The molecule has 0 aliphatic heterocycles. The van der Waals surface area contributed by atoms with Gasteiger partial charge in [-0.1, -0.05) is 25.1 Å². The third-order valence-electron chi connectivity index (χ3n) is 4.06. The Morgan fingerprint density at radius 1 is 1.07 bits per heavy atom. The standard InChI is InChI=1S/C20H19F3N4O2/c1-2-10-27(11-16(28)24-15-9-8-14(21)18(22)19(15)23)12-17-25-26-20(29-17)13-6-4-3-5-7-13/h3-9H,2,10-12H2,1H3,(H,24,28). The summed E-state index contributed by atoms with van der Waals surface area (Å²) in [4.78, 5) is 14.0. The van der Waals surface area contributed by atoms with Gasteiger partial charge >= 0.3 is 0 Å². The van der Waals surface area contributed by atoms with E-state index in [4.69, 9.17) is 4.42 Å². The number of anilines is 1. The summed E-state index contributed by atoms with van der Waals surface area (Å²) in [6.07, 6.45) is 0.743. The average Bonchev–Trinajstić information content (AvgIpc) is 3.18. The summed E-state index contributed by atoms with van der Waals surface area (Å²) in [5.74, 6) is -4.28. The molecule has 2 aromatic carbocycles. The van der Waals surface area contributed by atoms with E-state index in [0.29, 0.717) is 18.3 Å². The van der Waals surface area contributed by atoms with Gasteiger partial charge in [0.05, 0.1) is 18.8 Å². The Morgan fingerprint density at radius 3 is 2.55 bits per heavy atom. The number of rotatable bonds is 8. The first-order valence-corrected chi connectivity index (χ1v) is 9.01. The van der Waals surface area contributed by atoms with Gasteiger partial charge in [0, 0.05) is 5.56 Å². The minimum Gasteiger partial charge on any atom is -0.419 e. The van der Waals surface area contributed by atoms with Gasteiger partial charge in [-0.2, -0.15) is 0 Å². The lowest BCUT2D eigenvalue weighted by molar-refractivity contribution is -0.117. The lowest BCUT2D eigenvalue weighted by Crippen LogP contribution is -2.33. The summed E-state index contributed by atoms with van der Waals surface area (Å²) in [5.41, 5.74) is 0.356. The van der Waals surface area contributed by atoms with Gasteiger partial charge in [-0.15, -0.1) is 10.2 Å². The second-order valence-electron chi connectivity index (χ2n) is 6.35. The first-order valence-electron chi connectivity index (χ1n) is 9.01. The third kappa shape index (κ3) is 5.20. The van der Waals surface area contributed by atoms with Crippen molar-refractivity contribution in [3.63, 3.8) is 0 Å². The smallest absolute Gasteiger partial charge is 0.247 e. The molecule has 9 heteroatoms. The number of hydrogen-bond acceptors (Lipinski definition) is 5. The summed E-state index contributed by atoms with van der Waals surface area (Å²) in [5, 5.41) is 10.3. The Balaban J connectivity index is 1.65. The van der Waals surface area contributed by atoms with Crippen LogP contribution < -0.4 is 5.32 Å². The van der Waals surface area contributed by atoms with Gasteiger partial charge < -0.3 is 9.73 Å². The summed E-state index contributed by atoms with van der Waals surface area (Å²) < 4.78 is 45.7. The lowest BCUT2D eigenvalue weighted by Gasteiger charge is -2.19. The molecule has 0 atom stereocenters. The summed E-state index contributed by atoms with van der Waals surface area (Å²) in [7, 11) is 0. The quantitative estimate of drug-likeness (QED) is 0.575. The van der Waals surface area contributed by atoms with Crippen molar-refractivity contribution in [2.24, 2.45) is 0 Å². The Kier molecular flexibility index (Phi) is 6.61. The monoisotopic (exact) mass is 404 g/mol. The van der Waals surface area contributed by atoms with Gasteiger partial charge in [-0.05, 0) is 37.2 Å². The number of halogens is 3. The average molecular weight is 404 g/mol. The lowest BCUT2D eigenvalue weighted by atomic mass is 10.2. The highest BCUT2D eigenvalue weighted by Crippen LogP contribution is 2.20. The molecule has 0 saturated carbocycles. The van der Waals surface area contributed by atoms with Crippen LogP contribution >= 0.6 is 0 Å². The second-order valence-corrected chi connectivity index (χ2v) is 6.35. The Hall–Kier alpha value is -3.20. The molecular weight excluding hydrogens is 385 g/mol. The number of nitrogens with zero attached hydrogens (tertiary/aromatic N) is 3. The highest BCUT2D eigenvalue weighted by Gasteiger charge is 2.18. The number of nitrogens with one attached hydrogen (secondary N) is 1. The van der Waals surface area contributed by atoms with Crippen molar-refractivity contribution in [2.75, 3.05) is 18.4 Å². The molecule has 1 heterocycles. The number of carbonyl (C=O) groups excluding carboxylic acids is 1. The third-order valence-corrected chi connectivity index (χ3v) is 4.06. The molecule has 0 aliphatic carbocycles. The molecule has 0 radical (unpaired) electrons. The SMILES string of the molecule is CCCN(CC(=O)Nc1ccc(F)c(F)c1F)Cc1nnc(-c2ccccc2)o1. The van der Waals surface area contributed by atoms with Gasteiger partial charge in [0.2, 0.25) is 17.7 Å². The Bertz CT molecular complexity index is 979. The van der Waals surface area contributed by atoms with Crippen molar-refractivity contribution in [3.05, 3.63) is 65.8 Å². The summed E-state index contributed by atoms with van der Waals surface area (Å²) >= 11 is 0. The first kappa shape index (κ1) is 20.5. The fourth-order valence-corrected chi connectivity index (χ4v) is 2.75. The molecule has 3 rings (SSSR count). The maximum absolute atomic E-state index is 13.7. The largest absolute Gasteiger partial charge is 0.419 e. The minimum absolute atomic E-state index is 0.116. The van der Waals surface area contributed by atoms with Crippen molar-refractivity contribution in [2.45, 2.75) is 19.9 Å². The van der Waals surface area contributed by atoms with Crippen LogP contribution in [0, 0.1) is 17.5 Å². The first-order chi connectivity index (χ1) is 14.0. The van der Waals surface area contributed by atoms with E-state index >= 15 is 0 Å². The van der Waals surface area contributed by atoms with Crippen LogP contribution in [-0.2, 0) is 11.3 Å². The summed E-state index contributed by atoms with van der Waals surface area (Å²) in [6, 6.07) is 11.0. The van der Waals surface area contributed by atoms with Crippen molar-refractivity contribution >= 4 is 11.6 Å². The maximum atomic E-state index is 13.7. The van der Waals surface area contributed by atoms with Crippen LogP contribution in [0.1, 0.15) is 19.2 Å².